The van der Waals surface area contributed by atoms with Crippen molar-refractivity contribution in [2.75, 3.05) is 7.11 Å². The van der Waals surface area contributed by atoms with Crippen molar-refractivity contribution in [2.45, 2.75) is 26.4 Å². The van der Waals surface area contributed by atoms with Crippen LogP contribution in [0.5, 0.6) is 0 Å². The maximum atomic E-state index is 11.2. The monoisotopic (exact) mass is 172 g/mol. The maximum Gasteiger partial charge on any atom is 0.318 e. The zero-order chi connectivity index (χ0) is 9.78. The lowest BCUT2D eigenvalue weighted by atomic mass is 9.83. The number of hydrogen-bond donors (Lipinski definition) is 1. The first kappa shape index (κ1) is 11.2. The van der Waals surface area contributed by atoms with E-state index >= 15 is 0 Å². The highest BCUT2D eigenvalue weighted by molar-refractivity contribution is 5.79. The molecule has 0 saturated heterocycles. The number of rotatable bonds is 4. The van der Waals surface area contributed by atoms with E-state index in [2.05, 4.69) is 11.3 Å². The molecule has 0 aliphatic heterocycles. The lowest BCUT2D eigenvalue weighted by Crippen LogP contribution is -2.38. The molecule has 0 fully saturated rings. The van der Waals surface area contributed by atoms with Crippen LogP contribution in [0.3, 0.4) is 0 Å². The van der Waals surface area contributed by atoms with Gasteiger partial charge in [0, 0.05) is 0 Å². The fourth-order valence-electron chi connectivity index (χ4n) is 0.999. The average Bonchev–Trinajstić information content (AvgIpc) is 2.13. The molecular weight excluding hydrogens is 156 g/mol. The Morgan fingerprint density at radius 2 is 2.33 bits per heavy atom. The van der Waals surface area contributed by atoms with Crippen LogP contribution in [0.1, 0.15) is 20.3 Å². The molecule has 3 heteroatoms. The summed E-state index contributed by atoms with van der Waals surface area (Å²) in [6.07, 6.45) is 1.19. The molecule has 0 aromatic heterocycles. The van der Waals surface area contributed by atoms with Crippen molar-refractivity contribution in [2.24, 2.45) is 5.41 Å². The van der Waals surface area contributed by atoms with Crippen molar-refractivity contribution in [1.29, 1.82) is 0 Å². The maximum absolute atomic E-state index is 11.2. The number of ether oxygens (including phenoxy) is 1. The van der Waals surface area contributed by atoms with Gasteiger partial charge < -0.3 is 9.84 Å². The molecular formula is C9H16O3. The third kappa shape index (κ3) is 1.85. The van der Waals surface area contributed by atoms with Crippen molar-refractivity contribution in [1.82, 2.24) is 0 Å². The first-order chi connectivity index (χ1) is 5.52. The van der Waals surface area contributed by atoms with E-state index in [1.165, 1.54) is 13.2 Å². The minimum atomic E-state index is -0.983. The van der Waals surface area contributed by atoms with Crippen LogP contribution in [0.4, 0.5) is 0 Å². The van der Waals surface area contributed by atoms with Crippen LogP contribution in [-0.2, 0) is 9.53 Å². The van der Waals surface area contributed by atoms with E-state index in [0.717, 1.165) is 0 Å². The normalized spacial score (nSPS) is 17.7. The van der Waals surface area contributed by atoms with Crippen LogP contribution in [-0.4, -0.2) is 24.3 Å². The van der Waals surface area contributed by atoms with Crippen LogP contribution in [0.25, 0.3) is 0 Å². The Morgan fingerprint density at radius 1 is 1.83 bits per heavy atom. The molecule has 0 aromatic carbocycles. The van der Waals surface area contributed by atoms with Gasteiger partial charge in [0.25, 0.3) is 0 Å². The van der Waals surface area contributed by atoms with Gasteiger partial charge in [-0.3, -0.25) is 4.79 Å². The smallest absolute Gasteiger partial charge is 0.318 e. The molecule has 0 saturated carbocycles. The molecule has 0 aliphatic carbocycles. The highest BCUT2D eigenvalue weighted by Crippen LogP contribution is 2.26. The SMILES string of the molecule is C=C[C@@](C)(C(=O)OC)[C@@H](O)CC. The predicted octanol–water partition coefficient (Wildman–Crippen LogP) is 1.12. The van der Waals surface area contributed by atoms with Crippen molar-refractivity contribution in [3.05, 3.63) is 12.7 Å². The second-order valence-corrected chi connectivity index (χ2v) is 2.90. The summed E-state index contributed by atoms with van der Waals surface area (Å²) in [6.45, 7) is 6.92. The highest BCUT2D eigenvalue weighted by atomic mass is 16.5. The standard InChI is InChI=1S/C9H16O3/c1-5-7(10)9(3,6-2)8(11)12-4/h6-7,10H,2,5H2,1,3-4H3/t7-,9+/m0/s1. The van der Waals surface area contributed by atoms with Crippen LogP contribution < -0.4 is 0 Å². The largest absolute Gasteiger partial charge is 0.468 e. The quantitative estimate of drug-likeness (QED) is 0.510. The zero-order valence-corrected chi connectivity index (χ0v) is 7.83. The van der Waals surface area contributed by atoms with Gasteiger partial charge in [0.1, 0.15) is 5.41 Å². The molecule has 12 heavy (non-hydrogen) atoms. The topological polar surface area (TPSA) is 46.5 Å². The van der Waals surface area contributed by atoms with Crippen LogP contribution in [0.2, 0.25) is 0 Å². The summed E-state index contributed by atoms with van der Waals surface area (Å²) in [6, 6.07) is 0. The summed E-state index contributed by atoms with van der Waals surface area (Å²) >= 11 is 0. The van der Waals surface area contributed by atoms with Crippen molar-refractivity contribution < 1.29 is 14.6 Å². The van der Waals surface area contributed by atoms with E-state index in [4.69, 9.17) is 0 Å². The minimum absolute atomic E-state index is 0.452. The number of carbonyl (C=O) groups is 1. The predicted molar refractivity (Wildman–Crippen MR) is 46.6 cm³/mol. The third-order valence-corrected chi connectivity index (χ3v) is 2.13. The first-order valence-electron chi connectivity index (χ1n) is 3.93. The molecule has 0 bridgehead atoms. The highest BCUT2D eigenvalue weighted by Gasteiger charge is 2.37. The van der Waals surface area contributed by atoms with E-state index in [-0.39, 0.29) is 0 Å². The molecule has 0 amide bonds. The van der Waals surface area contributed by atoms with Gasteiger partial charge in [-0.1, -0.05) is 13.0 Å². The van der Waals surface area contributed by atoms with Gasteiger partial charge >= 0.3 is 5.97 Å². The van der Waals surface area contributed by atoms with Gasteiger partial charge in [0.05, 0.1) is 13.2 Å². The Balaban J connectivity index is 4.65. The summed E-state index contributed by atoms with van der Waals surface area (Å²) in [5.74, 6) is -0.452. The molecule has 0 radical (unpaired) electrons. The molecule has 70 valence electrons. The Kier molecular flexibility index (Phi) is 3.96. The van der Waals surface area contributed by atoms with Gasteiger partial charge in [0.15, 0.2) is 0 Å². The molecule has 0 aliphatic rings. The number of carbonyl (C=O) groups excluding carboxylic acids is 1. The fraction of sp³-hybridized carbons (Fsp3) is 0.667. The van der Waals surface area contributed by atoms with Crippen LogP contribution in [0.15, 0.2) is 12.7 Å². The van der Waals surface area contributed by atoms with E-state index in [1.807, 2.05) is 0 Å². The number of aliphatic hydroxyl groups is 1. The molecule has 3 nitrogen and oxygen atoms in total. The number of esters is 1. The third-order valence-electron chi connectivity index (χ3n) is 2.13. The van der Waals surface area contributed by atoms with Crippen LogP contribution >= 0.6 is 0 Å². The van der Waals surface area contributed by atoms with E-state index < -0.39 is 17.5 Å². The lowest BCUT2D eigenvalue weighted by Gasteiger charge is -2.27. The van der Waals surface area contributed by atoms with Crippen molar-refractivity contribution in [3.63, 3.8) is 0 Å². The molecule has 0 unspecified atom stereocenters. The first-order valence-corrected chi connectivity index (χ1v) is 3.93. The fourth-order valence-corrected chi connectivity index (χ4v) is 0.999. The number of hydrogen-bond acceptors (Lipinski definition) is 3. The summed E-state index contributed by atoms with van der Waals surface area (Å²) in [4.78, 5) is 11.2. The molecule has 0 heterocycles. The van der Waals surface area contributed by atoms with Crippen LogP contribution in [0, 0.1) is 5.41 Å². The minimum Gasteiger partial charge on any atom is -0.468 e. The molecule has 1 N–H and O–H groups in total. The Bertz CT molecular complexity index is 177. The second kappa shape index (κ2) is 4.26. The van der Waals surface area contributed by atoms with E-state index in [0.29, 0.717) is 6.42 Å². The Morgan fingerprint density at radius 3 is 2.58 bits per heavy atom. The Hall–Kier alpha value is -0.830. The molecule has 0 aromatic rings. The summed E-state index contributed by atoms with van der Waals surface area (Å²) < 4.78 is 4.56. The average molecular weight is 172 g/mol. The number of aliphatic hydroxyl groups excluding tert-OH is 1. The van der Waals surface area contributed by atoms with Gasteiger partial charge in [0.2, 0.25) is 0 Å². The lowest BCUT2D eigenvalue weighted by molar-refractivity contribution is -0.154. The molecule has 2 atom stereocenters. The molecule has 0 rings (SSSR count). The summed E-state index contributed by atoms with van der Waals surface area (Å²) in [5.41, 5.74) is -0.983. The van der Waals surface area contributed by atoms with Gasteiger partial charge in [-0.25, -0.2) is 0 Å². The van der Waals surface area contributed by atoms with Crippen molar-refractivity contribution in [3.8, 4) is 0 Å². The molecule has 0 spiro atoms. The van der Waals surface area contributed by atoms with E-state index in [9.17, 15) is 9.90 Å². The van der Waals surface area contributed by atoms with Gasteiger partial charge in [-0.2, -0.15) is 0 Å². The van der Waals surface area contributed by atoms with Gasteiger partial charge in [-0.05, 0) is 13.3 Å². The summed E-state index contributed by atoms with van der Waals surface area (Å²) in [7, 11) is 1.30. The van der Waals surface area contributed by atoms with Crippen molar-refractivity contribution >= 4 is 5.97 Å². The summed E-state index contributed by atoms with van der Waals surface area (Å²) in [5, 5.41) is 9.51. The van der Waals surface area contributed by atoms with E-state index in [1.54, 1.807) is 13.8 Å². The second-order valence-electron chi connectivity index (χ2n) is 2.90. The number of methoxy groups -OCH3 is 1. The van der Waals surface area contributed by atoms with Gasteiger partial charge in [-0.15, -0.1) is 6.58 Å². The zero-order valence-electron chi connectivity index (χ0n) is 7.83. The Labute approximate surface area is 73.0 Å².